The smallest absolute Gasteiger partial charge is 0.0689 e. The first-order valence-electron chi connectivity index (χ1n) is 13.2. The van der Waals surface area contributed by atoms with Gasteiger partial charge in [-0.15, -0.1) is 0 Å². The van der Waals surface area contributed by atoms with Crippen molar-refractivity contribution in [2.45, 2.75) is 142 Å². The van der Waals surface area contributed by atoms with Crippen molar-refractivity contribution in [3.8, 4) is 6.07 Å². The predicted octanol–water partition coefficient (Wildman–Crippen LogP) is 8.59. The molecule has 0 spiro atoms. The molecule has 0 amide bonds. The molecule has 2 aliphatic carbocycles. The molecule has 168 valence electrons. The lowest BCUT2D eigenvalue weighted by Crippen LogP contribution is -2.31. The van der Waals surface area contributed by atoms with E-state index in [1.54, 1.807) is 0 Å². The zero-order valence-corrected chi connectivity index (χ0v) is 19.7. The van der Waals surface area contributed by atoms with Crippen LogP contribution >= 0.6 is 0 Å². The molecule has 0 aliphatic heterocycles. The third-order valence-electron chi connectivity index (χ3n) is 7.89. The SMILES string of the molecule is CCCCCCCC1(C#N)CCC(OCC2CCC(CCCCCC)CC2)CC1. The van der Waals surface area contributed by atoms with Gasteiger partial charge in [-0.3, -0.25) is 0 Å². The summed E-state index contributed by atoms with van der Waals surface area (Å²) in [6.45, 7) is 5.54. The van der Waals surface area contributed by atoms with E-state index in [0.29, 0.717) is 6.10 Å². The molecule has 0 atom stereocenters. The molecule has 29 heavy (non-hydrogen) atoms. The molecule has 2 saturated carbocycles. The third kappa shape index (κ3) is 9.42. The van der Waals surface area contributed by atoms with Crippen LogP contribution in [0.15, 0.2) is 0 Å². The van der Waals surface area contributed by atoms with Gasteiger partial charge in [0.1, 0.15) is 0 Å². The minimum absolute atomic E-state index is 0.0398. The zero-order valence-electron chi connectivity index (χ0n) is 19.7. The number of rotatable bonds is 14. The lowest BCUT2D eigenvalue weighted by atomic mass is 9.71. The highest BCUT2D eigenvalue weighted by molar-refractivity contribution is 5.01. The van der Waals surface area contributed by atoms with Crippen molar-refractivity contribution in [1.29, 1.82) is 5.26 Å². The summed E-state index contributed by atoms with van der Waals surface area (Å²) in [5, 5.41) is 9.79. The summed E-state index contributed by atoms with van der Waals surface area (Å²) in [6, 6.07) is 2.71. The van der Waals surface area contributed by atoms with E-state index in [9.17, 15) is 5.26 Å². The van der Waals surface area contributed by atoms with E-state index in [1.165, 1.54) is 89.9 Å². The number of hydrogen-bond donors (Lipinski definition) is 0. The maximum atomic E-state index is 9.79. The van der Waals surface area contributed by atoms with E-state index in [-0.39, 0.29) is 5.41 Å². The molecular formula is C27H49NO. The first-order chi connectivity index (χ1) is 14.2. The van der Waals surface area contributed by atoms with Gasteiger partial charge in [0.15, 0.2) is 0 Å². The molecular weight excluding hydrogens is 354 g/mol. The van der Waals surface area contributed by atoms with E-state index in [1.807, 2.05) is 0 Å². The molecule has 0 aromatic rings. The van der Waals surface area contributed by atoms with Gasteiger partial charge in [-0.05, 0) is 56.8 Å². The third-order valence-corrected chi connectivity index (χ3v) is 7.89. The van der Waals surface area contributed by atoms with Crippen LogP contribution in [0.4, 0.5) is 0 Å². The van der Waals surface area contributed by atoms with Crippen LogP contribution in [0.25, 0.3) is 0 Å². The van der Waals surface area contributed by atoms with Crippen molar-refractivity contribution in [1.82, 2.24) is 0 Å². The maximum Gasteiger partial charge on any atom is 0.0689 e. The Balaban J connectivity index is 1.56. The summed E-state index contributed by atoms with van der Waals surface area (Å²) in [6.07, 6.45) is 25.1. The molecule has 0 N–H and O–H groups in total. The summed E-state index contributed by atoms with van der Waals surface area (Å²) in [5.74, 6) is 1.79. The van der Waals surface area contributed by atoms with Gasteiger partial charge in [-0.1, -0.05) is 90.9 Å². The average molecular weight is 404 g/mol. The van der Waals surface area contributed by atoms with Crippen LogP contribution in [0.3, 0.4) is 0 Å². The van der Waals surface area contributed by atoms with Crippen molar-refractivity contribution in [3.05, 3.63) is 0 Å². The van der Waals surface area contributed by atoms with Crippen molar-refractivity contribution in [3.63, 3.8) is 0 Å². The Kier molecular flexibility index (Phi) is 12.3. The van der Waals surface area contributed by atoms with E-state index >= 15 is 0 Å². The van der Waals surface area contributed by atoms with Gasteiger partial charge in [-0.2, -0.15) is 5.26 Å². The highest BCUT2D eigenvalue weighted by atomic mass is 16.5. The average Bonchev–Trinajstić information content (AvgIpc) is 2.77. The molecule has 2 fully saturated rings. The minimum Gasteiger partial charge on any atom is -0.378 e. The fraction of sp³-hybridized carbons (Fsp3) is 0.963. The fourth-order valence-electron chi connectivity index (χ4n) is 5.61. The molecule has 0 radical (unpaired) electrons. The zero-order chi connectivity index (χ0) is 20.8. The van der Waals surface area contributed by atoms with Crippen LogP contribution < -0.4 is 0 Å². The molecule has 0 aromatic heterocycles. The van der Waals surface area contributed by atoms with Gasteiger partial charge >= 0.3 is 0 Å². The molecule has 0 unspecified atom stereocenters. The lowest BCUT2D eigenvalue weighted by Gasteiger charge is -2.36. The van der Waals surface area contributed by atoms with Crippen LogP contribution in [0, 0.1) is 28.6 Å². The van der Waals surface area contributed by atoms with Crippen LogP contribution in [-0.4, -0.2) is 12.7 Å². The Morgan fingerprint density at radius 1 is 0.759 bits per heavy atom. The summed E-state index contributed by atoms with van der Waals surface area (Å²) >= 11 is 0. The van der Waals surface area contributed by atoms with Crippen LogP contribution in [0.1, 0.15) is 136 Å². The lowest BCUT2D eigenvalue weighted by molar-refractivity contribution is -0.0185. The number of ether oxygens (including phenoxy) is 1. The van der Waals surface area contributed by atoms with E-state index < -0.39 is 0 Å². The number of nitriles is 1. The largest absolute Gasteiger partial charge is 0.378 e. The highest BCUT2D eigenvalue weighted by Crippen LogP contribution is 2.41. The second-order valence-electron chi connectivity index (χ2n) is 10.3. The molecule has 0 bridgehead atoms. The molecule has 2 rings (SSSR count). The van der Waals surface area contributed by atoms with Gasteiger partial charge in [-0.25, -0.2) is 0 Å². The van der Waals surface area contributed by atoms with Crippen LogP contribution in [0.5, 0.6) is 0 Å². The van der Waals surface area contributed by atoms with Gasteiger partial charge in [0.2, 0.25) is 0 Å². The molecule has 2 aliphatic rings. The first-order valence-corrected chi connectivity index (χ1v) is 13.2. The van der Waals surface area contributed by atoms with E-state index in [4.69, 9.17) is 4.74 Å². The highest BCUT2D eigenvalue weighted by Gasteiger charge is 2.35. The van der Waals surface area contributed by atoms with Crippen LogP contribution in [0.2, 0.25) is 0 Å². The minimum atomic E-state index is -0.0398. The fourth-order valence-corrected chi connectivity index (χ4v) is 5.61. The van der Waals surface area contributed by atoms with Gasteiger partial charge < -0.3 is 4.74 Å². The summed E-state index contributed by atoms with van der Waals surface area (Å²) < 4.78 is 6.36. The van der Waals surface area contributed by atoms with Crippen molar-refractivity contribution < 1.29 is 4.74 Å². The van der Waals surface area contributed by atoms with Gasteiger partial charge in [0, 0.05) is 6.61 Å². The Morgan fingerprint density at radius 3 is 1.97 bits per heavy atom. The number of unbranched alkanes of at least 4 members (excludes halogenated alkanes) is 7. The van der Waals surface area contributed by atoms with E-state index in [2.05, 4.69) is 19.9 Å². The normalized spacial score (nSPS) is 30.2. The maximum absolute atomic E-state index is 9.79. The van der Waals surface area contributed by atoms with Gasteiger partial charge in [0.05, 0.1) is 17.6 Å². The Labute approximate surface area is 182 Å². The molecule has 0 aromatic carbocycles. The second kappa shape index (κ2) is 14.5. The Morgan fingerprint density at radius 2 is 1.34 bits per heavy atom. The molecule has 2 heteroatoms. The molecule has 0 heterocycles. The summed E-state index contributed by atoms with van der Waals surface area (Å²) in [4.78, 5) is 0. The second-order valence-corrected chi connectivity index (χ2v) is 10.3. The molecule has 0 saturated heterocycles. The Hall–Kier alpha value is -0.550. The van der Waals surface area contributed by atoms with Gasteiger partial charge in [0.25, 0.3) is 0 Å². The van der Waals surface area contributed by atoms with E-state index in [0.717, 1.165) is 50.5 Å². The van der Waals surface area contributed by atoms with Crippen molar-refractivity contribution in [2.75, 3.05) is 6.61 Å². The topological polar surface area (TPSA) is 33.0 Å². The predicted molar refractivity (Wildman–Crippen MR) is 124 cm³/mol. The van der Waals surface area contributed by atoms with Crippen LogP contribution in [-0.2, 0) is 4.74 Å². The van der Waals surface area contributed by atoms with Crippen molar-refractivity contribution in [2.24, 2.45) is 17.3 Å². The number of nitrogens with zero attached hydrogens (tertiary/aromatic N) is 1. The number of hydrogen-bond acceptors (Lipinski definition) is 2. The monoisotopic (exact) mass is 403 g/mol. The summed E-state index contributed by atoms with van der Waals surface area (Å²) in [7, 11) is 0. The van der Waals surface area contributed by atoms with Crippen molar-refractivity contribution >= 4 is 0 Å². The first kappa shape index (κ1) is 24.7. The summed E-state index contributed by atoms with van der Waals surface area (Å²) in [5.41, 5.74) is -0.0398. The quantitative estimate of drug-likeness (QED) is 0.272. The molecule has 2 nitrogen and oxygen atoms in total. The Bertz CT molecular complexity index is 438. The standard InChI is InChI=1S/C27H49NO/c1-3-5-7-9-11-19-27(23-28)20-17-26(18-21-27)29-22-25-15-13-24(14-16-25)12-10-8-6-4-2/h24-26H,3-22H2,1-2H3.